The highest BCUT2D eigenvalue weighted by molar-refractivity contribution is 5.84. The molecular weight excluding hydrogens is 323 g/mol. The van der Waals surface area contributed by atoms with E-state index >= 15 is 0 Å². The van der Waals surface area contributed by atoms with Crippen LogP contribution in [-0.4, -0.2) is 41.1 Å². The molecule has 130 valence electrons. The van der Waals surface area contributed by atoms with Gasteiger partial charge in [0.2, 0.25) is 5.91 Å². The van der Waals surface area contributed by atoms with Crippen molar-refractivity contribution in [3.63, 3.8) is 0 Å². The molecule has 1 heterocycles. The number of benzene rings is 1. The summed E-state index contributed by atoms with van der Waals surface area (Å²) in [6.45, 7) is 1.01. The molecule has 4 nitrogen and oxygen atoms in total. The summed E-state index contributed by atoms with van der Waals surface area (Å²) in [5.41, 5.74) is 2.09. The normalized spacial score (nSPS) is 29.6. The molecular formula is C17H18F3NO3. The second-order valence-electron chi connectivity index (χ2n) is 6.64. The van der Waals surface area contributed by atoms with Crippen LogP contribution in [0.5, 0.6) is 0 Å². The van der Waals surface area contributed by atoms with Crippen molar-refractivity contribution < 1.29 is 27.9 Å². The van der Waals surface area contributed by atoms with Gasteiger partial charge < -0.3 is 10.0 Å². The third-order valence-electron chi connectivity index (χ3n) is 5.06. The minimum atomic E-state index is -4.61. The Balaban J connectivity index is 1.71. The smallest absolute Gasteiger partial charge is 0.394 e. The number of halogens is 3. The van der Waals surface area contributed by atoms with Crippen molar-refractivity contribution in [1.29, 1.82) is 0 Å². The maximum absolute atomic E-state index is 13.0. The maximum Gasteiger partial charge on any atom is 0.394 e. The Morgan fingerprint density at radius 3 is 2.38 bits per heavy atom. The van der Waals surface area contributed by atoms with Crippen LogP contribution in [0.3, 0.4) is 0 Å². The first-order valence-corrected chi connectivity index (χ1v) is 7.84. The van der Waals surface area contributed by atoms with Crippen molar-refractivity contribution in [3.8, 4) is 0 Å². The number of carboxylic acid groups (broad SMARTS) is 1. The van der Waals surface area contributed by atoms with Gasteiger partial charge in [-0.15, -0.1) is 0 Å². The number of rotatable bonds is 3. The molecule has 1 amide bonds. The quantitative estimate of drug-likeness (QED) is 0.920. The number of nitrogens with zero attached hydrogens (tertiary/aromatic N) is 1. The van der Waals surface area contributed by atoms with Crippen LogP contribution < -0.4 is 0 Å². The Bertz CT molecular complexity index is 673. The van der Waals surface area contributed by atoms with Crippen LogP contribution in [0, 0.1) is 24.7 Å². The monoisotopic (exact) mass is 341 g/mol. The first-order valence-electron chi connectivity index (χ1n) is 7.84. The Labute approximate surface area is 137 Å². The van der Waals surface area contributed by atoms with E-state index in [4.69, 9.17) is 5.11 Å². The average molecular weight is 341 g/mol. The molecule has 24 heavy (non-hydrogen) atoms. The maximum atomic E-state index is 13.0. The number of hydrogen-bond donors (Lipinski definition) is 1. The molecule has 0 spiro atoms. The predicted molar refractivity (Wildman–Crippen MR) is 79.3 cm³/mol. The summed E-state index contributed by atoms with van der Waals surface area (Å²) < 4.78 is 39.1. The highest BCUT2D eigenvalue weighted by atomic mass is 19.4. The molecule has 2 aliphatic rings. The Morgan fingerprint density at radius 1 is 1.17 bits per heavy atom. The van der Waals surface area contributed by atoms with Crippen LogP contribution in [0.25, 0.3) is 0 Å². The summed E-state index contributed by atoms with van der Waals surface area (Å²) in [6, 6.07) is 7.63. The standard InChI is InChI=1S/C17H18F3NO3/c1-9-4-2-3-5-10(9)11-6-12(11)15(22)21-7-13(16(23)24)14(8-21)17(18,19)20/h2-5,11-14H,6-8H2,1H3,(H,23,24)/t11?,12?,13-,14-/m1/s1. The first kappa shape index (κ1) is 16.8. The van der Waals surface area contributed by atoms with E-state index in [0.717, 1.165) is 16.0 Å². The van der Waals surface area contributed by atoms with Crippen LogP contribution in [-0.2, 0) is 9.59 Å². The number of aliphatic carboxylic acids is 1. The van der Waals surface area contributed by atoms with E-state index in [2.05, 4.69) is 0 Å². The Morgan fingerprint density at radius 2 is 1.83 bits per heavy atom. The summed E-state index contributed by atoms with van der Waals surface area (Å²) in [6.07, 6.45) is -4.01. The Kier molecular flexibility index (Phi) is 4.05. The molecule has 2 fully saturated rings. The van der Waals surface area contributed by atoms with E-state index in [9.17, 15) is 22.8 Å². The SMILES string of the molecule is Cc1ccccc1C1CC1C(=O)N1C[C@@H](C(F)(F)F)[C@H](C(=O)O)C1. The van der Waals surface area contributed by atoms with Gasteiger partial charge in [0.25, 0.3) is 0 Å². The van der Waals surface area contributed by atoms with Crippen LogP contribution >= 0.6 is 0 Å². The van der Waals surface area contributed by atoms with Gasteiger partial charge in [0.05, 0.1) is 11.8 Å². The van der Waals surface area contributed by atoms with Gasteiger partial charge in [-0.1, -0.05) is 24.3 Å². The zero-order chi connectivity index (χ0) is 17.6. The fourth-order valence-corrected chi connectivity index (χ4v) is 3.61. The molecule has 1 aliphatic carbocycles. The minimum Gasteiger partial charge on any atom is -0.481 e. The van der Waals surface area contributed by atoms with Gasteiger partial charge in [-0.2, -0.15) is 13.2 Å². The molecule has 0 bridgehead atoms. The molecule has 4 atom stereocenters. The summed E-state index contributed by atoms with van der Waals surface area (Å²) >= 11 is 0. The van der Waals surface area contributed by atoms with Crippen molar-refractivity contribution in [2.24, 2.45) is 17.8 Å². The highest BCUT2D eigenvalue weighted by Crippen LogP contribution is 2.50. The molecule has 7 heteroatoms. The van der Waals surface area contributed by atoms with Gasteiger partial charge in [0.15, 0.2) is 0 Å². The number of amides is 1. The fourth-order valence-electron chi connectivity index (χ4n) is 3.61. The number of alkyl halides is 3. The largest absolute Gasteiger partial charge is 0.481 e. The lowest BCUT2D eigenvalue weighted by Crippen LogP contribution is -2.34. The second kappa shape index (κ2) is 5.79. The van der Waals surface area contributed by atoms with E-state index < -0.39 is 30.5 Å². The third-order valence-corrected chi connectivity index (χ3v) is 5.06. The zero-order valence-electron chi connectivity index (χ0n) is 13.1. The molecule has 0 aromatic heterocycles. The number of carbonyl (C=O) groups is 2. The minimum absolute atomic E-state index is 0.0203. The van der Waals surface area contributed by atoms with Gasteiger partial charge >= 0.3 is 12.1 Å². The second-order valence-corrected chi connectivity index (χ2v) is 6.64. The van der Waals surface area contributed by atoms with E-state index in [0.29, 0.717) is 6.42 Å². The van der Waals surface area contributed by atoms with E-state index in [-0.39, 0.29) is 24.3 Å². The molecule has 1 saturated carbocycles. The average Bonchev–Trinajstić information content (AvgIpc) is 3.13. The number of aryl methyl sites for hydroxylation is 1. The summed E-state index contributed by atoms with van der Waals surface area (Å²) in [5, 5.41) is 9.03. The van der Waals surface area contributed by atoms with Gasteiger partial charge in [-0.25, -0.2) is 0 Å². The van der Waals surface area contributed by atoms with Gasteiger partial charge in [0, 0.05) is 19.0 Å². The fraction of sp³-hybridized carbons (Fsp3) is 0.529. The molecule has 3 rings (SSSR count). The summed E-state index contributed by atoms with van der Waals surface area (Å²) in [4.78, 5) is 24.7. The third kappa shape index (κ3) is 2.99. The highest BCUT2D eigenvalue weighted by Gasteiger charge is 2.56. The predicted octanol–water partition coefficient (Wildman–Crippen LogP) is 2.82. The van der Waals surface area contributed by atoms with Crippen molar-refractivity contribution in [2.45, 2.75) is 25.4 Å². The lowest BCUT2D eigenvalue weighted by atomic mass is 9.96. The zero-order valence-corrected chi connectivity index (χ0v) is 13.1. The number of hydrogen-bond acceptors (Lipinski definition) is 2. The van der Waals surface area contributed by atoms with Crippen LogP contribution in [0.4, 0.5) is 13.2 Å². The van der Waals surface area contributed by atoms with E-state index in [1.807, 2.05) is 31.2 Å². The molecule has 1 aliphatic heterocycles. The molecule has 0 radical (unpaired) electrons. The van der Waals surface area contributed by atoms with Gasteiger partial charge in [-0.05, 0) is 30.4 Å². The lowest BCUT2D eigenvalue weighted by molar-refractivity contribution is -0.188. The van der Waals surface area contributed by atoms with E-state index in [1.165, 1.54) is 0 Å². The Hall–Kier alpha value is -2.05. The molecule has 1 N–H and O–H groups in total. The van der Waals surface area contributed by atoms with Crippen LogP contribution in [0.1, 0.15) is 23.5 Å². The van der Waals surface area contributed by atoms with Crippen molar-refractivity contribution in [1.82, 2.24) is 4.90 Å². The summed E-state index contributed by atoms with van der Waals surface area (Å²) in [7, 11) is 0. The molecule has 1 saturated heterocycles. The lowest BCUT2D eigenvalue weighted by Gasteiger charge is -2.18. The topological polar surface area (TPSA) is 57.6 Å². The number of carboxylic acids is 1. The van der Waals surface area contributed by atoms with Crippen LogP contribution in [0.15, 0.2) is 24.3 Å². The van der Waals surface area contributed by atoms with Gasteiger partial charge in [-0.3, -0.25) is 9.59 Å². The van der Waals surface area contributed by atoms with Crippen molar-refractivity contribution in [2.75, 3.05) is 13.1 Å². The summed E-state index contributed by atoms with van der Waals surface area (Å²) in [5.74, 6) is -5.75. The van der Waals surface area contributed by atoms with E-state index in [1.54, 1.807) is 0 Å². The molecule has 1 aromatic carbocycles. The molecule has 2 unspecified atom stereocenters. The van der Waals surface area contributed by atoms with Gasteiger partial charge in [0.1, 0.15) is 0 Å². The number of carbonyl (C=O) groups excluding carboxylic acids is 1. The van der Waals surface area contributed by atoms with Crippen molar-refractivity contribution >= 4 is 11.9 Å². The van der Waals surface area contributed by atoms with Crippen LogP contribution in [0.2, 0.25) is 0 Å². The first-order chi connectivity index (χ1) is 11.2. The van der Waals surface area contributed by atoms with Crippen molar-refractivity contribution in [3.05, 3.63) is 35.4 Å². The molecule has 1 aromatic rings. The number of likely N-dealkylation sites (tertiary alicyclic amines) is 1.